The number of carbonyl (C=O) groups is 1. The molecule has 22 heavy (non-hydrogen) atoms. The molecule has 4 unspecified atom stereocenters. The molecule has 1 saturated carbocycles. The van der Waals surface area contributed by atoms with Crippen molar-refractivity contribution >= 4 is 5.97 Å². The molecule has 0 aromatic rings. The minimum atomic E-state index is -0.754. The molecule has 0 spiro atoms. The van der Waals surface area contributed by atoms with Gasteiger partial charge in [-0.2, -0.15) is 0 Å². The van der Waals surface area contributed by atoms with Crippen LogP contribution in [-0.2, 0) is 4.79 Å². The third-order valence-electron chi connectivity index (χ3n) is 4.34. The Morgan fingerprint density at radius 2 is 2.09 bits per heavy atom. The van der Waals surface area contributed by atoms with Gasteiger partial charge in [0.15, 0.2) is 0 Å². The number of carboxylic acid groups (broad SMARTS) is 1. The number of carboxylic acids is 1. The third-order valence-corrected chi connectivity index (χ3v) is 4.34. The van der Waals surface area contributed by atoms with Crippen LogP contribution in [0.3, 0.4) is 0 Å². The van der Waals surface area contributed by atoms with Crippen molar-refractivity contribution in [1.29, 1.82) is 0 Å². The van der Waals surface area contributed by atoms with Crippen molar-refractivity contribution < 1.29 is 20.1 Å². The number of hydrogen-bond acceptors (Lipinski definition) is 3. The van der Waals surface area contributed by atoms with Gasteiger partial charge in [-0.15, -0.1) is 0 Å². The second-order valence-corrected chi connectivity index (χ2v) is 6.21. The Hall–Kier alpha value is -1.13. The first-order chi connectivity index (χ1) is 10.5. The molecule has 0 aromatic heterocycles. The molecule has 1 aliphatic rings. The van der Waals surface area contributed by atoms with Crippen LogP contribution in [0, 0.1) is 11.8 Å². The van der Waals surface area contributed by atoms with Gasteiger partial charge in [-0.25, -0.2) is 0 Å². The van der Waals surface area contributed by atoms with Crippen LogP contribution in [0.1, 0.15) is 58.3 Å². The fourth-order valence-electron chi connectivity index (χ4n) is 3.05. The van der Waals surface area contributed by atoms with Crippen LogP contribution in [0.2, 0.25) is 0 Å². The summed E-state index contributed by atoms with van der Waals surface area (Å²) in [7, 11) is 0. The minimum absolute atomic E-state index is 0.205. The summed E-state index contributed by atoms with van der Waals surface area (Å²) < 4.78 is 0. The highest BCUT2D eigenvalue weighted by Crippen LogP contribution is 2.36. The quantitative estimate of drug-likeness (QED) is 0.427. The molecule has 1 rings (SSSR count). The molecule has 0 amide bonds. The van der Waals surface area contributed by atoms with Gasteiger partial charge in [-0.3, -0.25) is 4.79 Å². The average Bonchev–Trinajstić information content (AvgIpc) is 2.81. The lowest BCUT2D eigenvalue weighted by molar-refractivity contribution is -0.137. The predicted octanol–water partition coefficient (Wildman–Crippen LogP) is 3.29. The smallest absolute Gasteiger partial charge is 0.303 e. The fraction of sp³-hybridized carbons (Fsp3) is 0.722. The molecule has 0 aromatic carbocycles. The van der Waals surface area contributed by atoms with E-state index in [4.69, 9.17) is 5.11 Å². The normalized spacial score (nSPS) is 27.0. The van der Waals surface area contributed by atoms with Gasteiger partial charge < -0.3 is 15.3 Å². The predicted molar refractivity (Wildman–Crippen MR) is 87.5 cm³/mol. The van der Waals surface area contributed by atoms with Crippen molar-refractivity contribution in [2.45, 2.75) is 70.5 Å². The van der Waals surface area contributed by atoms with E-state index in [1.165, 1.54) is 0 Å². The summed E-state index contributed by atoms with van der Waals surface area (Å²) in [5, 5.41) is 28.4. The molecule has 0 saturated heterocycles. The van der Waals surface area contributed by atoms with Crippen LogP contribution in [0.5, 0.6) is 0 Å². The molecule has 4 nitrogen and oxygen atoms in total. The van der Waals surface area contributed by atoms with Gasteiger partial charge in [0, 0.05) is 6.42 Å². The summed E-state index contributed by atoms with van der Waals surface area (Å²) in [6, 6.07) is 0. The Labute approximate surface area is 133 Å². The van der Waals surface area contributed by atoms with Gasteiger partial charge >= 0.3 is 5.97 Å². The maximum atomic E-state index is 10.4. The third kappa shape index (κ3) is 7.23. The molecule has 0 radical (unpaired) electrons. The number of aliphatic hydroxyl groups is 2. The van der Waals surface area contributed by atoms with Crippen LogP contribution in [-0.4, -0.2) is 33.5 Å². The Morgan fingerprint density at radius 1 is 1.32 bits per heavy atom. The Bertz CT molecular complexity index is 375. The topological polar surface area (TPSA) is 77.8 Å². The van der Waals surface area contributed by atoms with E-state index in [1.54, 1.807) is 0 Å². The van der Waals surface area contributed by atoms with Crippen molar-refractivity contribution in [2.24, 2.45) is 11.8 Å². The number of unbranched alkanes of at least 4 members (excludes halogenated alkanes) is 1. The first kappa shape index (κ1) is 18.9. The summed E-state index contributed by atoms with van der Waals surface area (Å²) in [6.07, 6.45) is 13.3. The highest BCUT2D eigenvalue weighted by atomic mass is 16.4. The van der Waals surface area contributed by atoms with Crippen molar-refractivity contribution in [3.8, 4) is 0 Å². The largest absolute Gasteiger partial charge is 0.481 e. The summed E-state index contributed by atoms with van der Waals surface area (Å²) in [6.45, 7) is 2.05. The molecule has 126 valence electrons. The van der Waals surface area contributed by atoms with E-state index in [0.717, 1.165) is 38.5 Å². The minimum Gasteiger partial charge on any atom is -0.481 e. The lowest BCUT2D eigenvalue weighted by Gasteiger charge is -2.18. The molecule has 4 heteroatoms. The monoisotopic (exact) mass is 310 g/mol. The zero-order valence-corrected chi connectivity index (χ0v) is 13.5. The molecule has 1 aliphatic carbocycles. The Morgan fingerprint density at radius 3 is 2.77 bits per heavy atom. The van der Waals surface area contributed by atoms with Gasteiger partial charge in [-0.05, 0) is 50.4 Å². The van der Waals surface area contributed by atoms with Crippen molar-refractivity contribution in [1.82, 2.24) is 0 Å². The van der Waals surface area contributed by atoms with E-state index in [2.05, 4.69) is 12.2 Å². The standard InChI is InChI=1S/C18H30O4/c1-2-7-15(19)12-10-14-11-13-17(20)16(14)8-5-3-4-6-9-18(21)22/h3,5,10,12,14-17,19-20H,2,4,6-9,11,13H2,1H3,(H,21,22)/b5-3+,12-10+. The first-order valence-electron chi connectivity index (χ1n) is 8.45. The number of rotatable bonds is 10. The molecule has 1 fully saturated rings. The molecular formula is C18H30O4. The second-order valence-electron chi connectivity index (χ2n) is 6.21. The summed E-state index contributed by atoms with van der Waals surface area (Å²) in [4.78, 5) is 10.4. The second kappa shape index (κ2) is 10.6. The van der Waals surface area contributed by atoms with Gasteiger partial charge in [0.1, 0.15) is 0 Å². The zero-order valence-electron chi connectivity index (χ0n) is 13.5. The van der Waals surface area contributed by atoms with Crippen molar-refractivity contribution in [3.63, 3.8) is 0 Å². The summed E-state index contributed by atoms with van der Waals surface area (Å²) in [5.41, 5.74) is 0. The van der Waals surface area contributed by atoms with E-state index in [9.17, 15) is 15.0 Å². The highest BCUT2D eigenvalue weighted by Gasteiger charge is 2.32. The van der Waals surface area contributed by atoms with Gasteiger partial charge in [-0.1, -0.05) is 37.6 Å². The highest BCUT2D eigenvalue weighted by molar-refractivity contribution is 5.66. The van der Waals surface area contributed by atoms with Crippen LogP contribution in [0.4, 0.5) is 0 Å². The van der Waals surface area contributed by atoms with E-state index in [1.807, 2.05) is 19.1 Å². The molecular weight excluding hydrogens is 280 g/mol. The number of aliphatic hydroxyl groups excluding tert-OH is 2. The van der Waals surface area contributed by atoms with Crippen LogP contribution < -0.4 is 0 Å². The SMILES string of the molecule is CCCC(O)/C=C/C1CCC(O)C1C/C=C/CCCC(=O)O. The number of hydrogen-bond donors (Lipinski definition) is 3. The van der Waals surface area contributed by atoms with Gasteiger partial charge in [0.2, 0.25) is 0 Å². The number of allylic oxidation sites excluding steroid dienone is 3. The first-order valence-corrected chi connectivity index (χ1v) is 8.45. The average molecular weight is 310 g/mol. The van der Waals surface area contributed by atoms with Crippen LogP contribution in [0.15, 0.2) is 24.3 Å². The number of aliphatic carboxylic acids is 1. The summed E-state index contributed by atoms with van der Waals surface area (Å²) >= 11 is 0. The van der Waals surface area contributed by atoms with E-state index in [0.29, 0.717) is 12.3 Å². The molecule has 0 bridgehead atoms. The zero-order chi connectivity index (χ0) is 16.4. The maximum absolute atomic E-state index is 10.4. The maximum Gasteiger partial charge on any atom is 0.303 e. The summed E-state index contributed by atoms with van der Waals surface area (Å²) in [5.74, 6) is -0.221. The van der Waals surface area contributed by atoms with Gasteiger partial charge in [0.05, 0.1) is 12.2 Å². The molecule has 0 heterocycles. The van der Waals surface area contributed by atoms with Crippen LogP contribution >= 0.6 is 0 Å². The van der Waals surface area contributed by atoms with E-state index >= 15 is 0 Å². The fourth-order valence-corrected chi connectivity index (χ4v) is 3.05. The van der Waals surface area contributed by atoms with Crippen molar-refractivity contribution in [3.05, 3.63) is 24.3 Å². The van der Waals surface area contributed by atoms with Crippen molar-refractivity contribution in [2.75, 3.05) is 0 Å². The lowest BCUT2D eigenvalue weighted by Crippen LogP contribution is -2.17. The lowest BCUT2D eigenvalue weighted by atomic mass is 9.90. The molecule has 0 aliphatic heterocycles. The Kier molecular flexibility index (Phi) is 9.09. The van der Waals surface area contributed by atoms with E-state index < -0.39 is 5.97 Å². The Balaban J connectivity index is 2.38. The van der Waals surface area contributed by atoms with Gasteiger partial charge in [0.25, 0.3) is 0 Å². The molecule has 4 atom stereocenters. The van der Waals surface area contributed by atoms with Crippen LogP contribution in [0.25, 0.3) is 0 Å². The van der Waals surface area contributed by atoms with E-state index in [-0.39, 0.29) is 24.5 Å². The molecule has 3 N–H and O–H groups in total.